The normalized spacial score (nSPS) is 11.8. The first-order chi connectivity index (χ1) is 19.0. The monoisotopic (exact) mass is 567 g/mol. The van der Waals surface area contributed by atoms with E-state index in [9.17, 15) is 18.0 Å². The molecule has 0 aliphatic rings. The number of rotatable bonds is 12. The summed E-state index contributed by atoms with van der Waals surface area (Å²) in [7, 11) is 0.314. The van der Waals surface area contributed by atoms with Crippen molar-refractivity contribution in [1.29, 1.82) is 0 Å². The van der Waals surface area contributed by atoms with Crippen LogP contribution in [0.3, 0.4) is 0 Å². The van der Waals surface area contributed by atoms with Crippen LogP contribution in [0, 0.1) is 13.8 Å². The smallest absolute Gasteiger partial charge is 0.264 e. The summed E-state index contributed by atoms with van der Waals surface area (Å²) in [5, 5.41) is 2.62. The predicted octanol–water partition coefficient (Wildman–Crippen LogP) is 4.07. The van der Waals surface area contributed by atoms with Gasteiger partial charge in [-0.2, -0.15) is 0 Å². The van der Waals surface area contributed by atoms with Crippen LogP contribution in [0.4, 0.5) is 5.69 Å². The molecule has 1 N–H and O–H groups in total. The molecule has 9 nitrogen and oxygen atoms in total. The number of anilines is 1. The first-order valence-electron chi connectivity index (χ1n) is 12.9. The molecule has 3 aromatic rings. The van der Waals surface area contributed by atoms with Crippen molar-refractivity contribution in [3.8, 4) is 11.5 Å². The highest BCUT2D eigenvalue weighted by atomic mass is 32.2. The molecule has 0 aliphatic carbocycles. The molecule has 0 aliphatic heterocycles. The standard InChI is InChI=1S/C30H37N3O6S/c1-7-26(30(35)31-4)32(19-23-11-13-24(38-5)14-12-23)29(34)20-33(27-18-22(3)10-17-28(27)39-6)40(36,37)25-15-8-21(2)9-16-25/h8-18,26H,7,19-20H2,1-6H3,(H,31,35)/t26-/m1/s1. The highest BCUT2D eigenvalue weighted by Crippen LogP contribution is 2.34. The van der Waals surface area contributed by atoms with E-state index < -0.39 is 28.5 Å². The molecule has 0 aromatic heterocycles. The number of amides is 2. The van der Waals surface area contributed by atoms with E-state index in [0.717, 1.165) is 21.0 Å². The Morgan fingerprint density at radius 2 is 1.52 bits per heavy atom. The van der Waals surface area contributed by atoms with Gasteiger partial charge in [0.05, 0.1) is 24.8 Å². The van der Waals surface area contributed by atoms with Crippen molar-refractivity contribution < 1.29 is 27.5 Å². The maximum atomic E-state index is 14.1. The van der Waals surface area contributed by atoms with Crippen LogP contribution in [0.2, 0.25) is 0 Å². The van der Waals surface area contributed by atoms with Crippen LogP contribution in [-0.4, -0.2) is 59.0 Å². The Morgan fingerprint density at radius 3 is 2.08 bits per heavy atom. The van der Waals surface area contributed by atoms with Crippen molar-refractivity contribution in [3.63, 3.8) is 0 Å². The number of sulfonamides is 1. The van der Waals surface area contributed by atoms with Gasteiger partial charge in [-0.3, -0.25) is 13.9 Å². The van der Waals surface area contributed by atoms with E-state index in [1.165, 1.54) is 31.2 Å². The molecule has 10 heteroatoms. The van der Waals surface area contributed by atoms with Crippen molar-refractivity contribution >= 4 is 27.5 Å². The van der Waals surface area contributed by atoms with Gasteiger partial charge in [-0.25, -0.2) is 8.42 Å². The second-order valence-electron chi connectivity index (χ2n) is 9.41. The number of benzene rings is 3. The van der Waals surface area contributed by atoms with Gasteiger partial charge in [0.1, 0.15) is 24.1 Å². The Morgan fingerprint density at radius 1 is 0.900 bits per heavy atom. The average molecular weight is 568 g/mol. The zero-order valence-corrected chi connectivity index (χ0v) is 24.6. The highest BCUT2D eigenvalue weighted by Gasteiger charge is 2.34. The fraction of sp³-hybridized carbons (Fsp3) is 0.333. The second kappa shape index (κ2) is 13.3. The Balaban J connectivity index is 2.12. The Kier molecular flexibility index (Phi) is 10.2. The van der Waals surface area contributed by atoms with Gasteiger partial charge in [0.15, 0.2) is 0 Å². The molecule has 1 atom stereocenters. The fourth-order valence-electron chi connectivity index (χ4n) is 4.36. The summed E-state index contributed by atoms with van der Waals surface area (Å²) < 4.78 is 39.9. The summed E-state index contributed by atoms with van der Waals surface area (Å²) in [5.41, 5.74) is 2.68. The molecule has 0 unspecified atom stereocenters. The van der Waals surface area contributed by atoms with Crippen molar-refractivity contribution in [2.45, 2.75) is 44.7 Å². The molecule has 0 saturated heterocycles. The second-order valence-corrected chi connectivity index (χ2v) is 11.3. The lowest BCUT2D eigenvalue weighted by atomic mass is 10.1. The first kappa shape index (κ1) is 30.5. The minimum Gasteiger partial charge on any atom is -0.497 e. The lowest BCUT2D eigenvalue weighted by Crippen LogP contribution is -2.51. The quantitative estimate of drug-likeness (QED) is 0.354. The molecular formula is C30H37N3O6S. The molecule has 3 aromatic carbocycles. The number of hydrogen-bond acceptors (Lipinski definition) is 6. The molecule has 214 valence electrons. The van der Waals surface area contributed by atoms with Gasteiger partial charge in [0.25, 0.3) is 10.0 Å². The van der Waals surface area contributed by atoms with Crippen molar-refractivity contribution in [3.05, 3.63) is 83.4 Å². The minimum absolute atomic E-state index is 0.0366. The van der Waals surface area contributed by atoms with Crippen LogP contribution in [0.1, 0.15) is 30.0 Å². The van der Waals surface area contributed by atoms with E-state index in [-0.39, 0.29) is 23.0 Å². The van der Waals surface area contributed by atoms with Gasteiger partial charge in [-0.15, -0.1) is 0 Å². The van der Waals surface area contributed by atoms with Gasteiger partial charge in [0, 0.05) is 13.6 Å². The third kappa shape index (κ3) is 6.93. The van der Waals surface area contributed by atoms with Crippen LogP contribution in [0.5, 0.6) is 11.5 Å². The van der Waals surface area contributed by atoms with E-state index >= 15 is 0 Å². The van der Waals surface area contributed by atoms with E-state index in [2.05, 4.69) is 5.32 Å². The molecule has 0 fully saturated rings. The largest absolute Gasteiger partial charge is 0.497 e. The van der Waals surface area contributed by atoms with E-state index in [1.54, 1.807) is 68.6 Å². The topological polar surface area (TPSA) is 105 Å². The molecule has 3 rings (SSSR count). The van der Waals surface area contributed by atoms with E-state index in [4.69, 9.17) is 9.47 Å². The zero-order valence-electron chi connectivity index (χ0n) is 23.8. The summed E-state index contributed by atoms with van der Waals surface area (Å²) in [6.45, 7) is 5.05. The van der Waals surface area contributed by atoms with Crippen LogP contribution >= 0.6 is 0 Å². The third-order valence-corrected chi connectivity index (χ3v) is 8.41. The number of carbonyl (C=O) groups excluding carboxylic acids is 2. The Bertz CT molecular complexity index is 1420. The molecular weight excluding hydrogens is 530 g/mol. The Labute approximate surface area is 236 Å². The van der Waals surface area contributed by atoms with Gasteiger partial charge in [-0.05, 0) is 67.8 Å². The summed E-state index contributed by atoms with van der Waals surface area (Å²) in [6, 6.07) is 17.9. The van der Waals surface area contributed by atoms with Gasteiger partial charge in [0.2, 0.25) is 11.8 Å². The van der Waals surface area contributed by atoms with E-state index in [1.807, 2.05) is 13.8 Å². The SMILES string of the molecule is CC[C@H](C(=O)NC)N(Cc1ccc(OC)cc1)C(=O)CN(c1cc(C)ccc1OC)S(=O)(=O)c1ccc(C)cc1. The highest BCUT2D eigenvalue weighted by molar-refractivity contribution is 7.92. The first-order valence-corrected chi connectivity index (χ1v) is 14.4. The number of hydrogen-bond donors (Lipinski definition) is 1. The number of nitrogens with zero attached hydrogens (tertiary/aromatic N) is 2. The van der Waals surface area contributed by atoms with Crippen LogP contribution < -0.4 is 19.1 Å². The van der Waals surface area contributed by atoms with Crippen LogP contribution in [-0.2, 0) is 26.2 Å². The summed E-state index contributed by atoms with van der Waals surface area (Å²) in [4.78, 5) is 28.4. The molecule has 0 heterocycles. The number of aryl methyl sites for hydroxylation is 2. The summed E-state index contributed by atoms with van der Waals surface area (Å²) >= 11 is 0. The molecule has 0 spiro atoms. The summed E-state index contributed by atoms with van der Waals surface area (Å²) in [6.07, 6.45) is 0.333. The lowest BCUT2D eigenvalue weighted by Gasteiger charge is -2.33. The molecule has 0 bridgehead atoms. The third-order valence-electron chi connectivity index (χ3n) is 6.64. The number of methoxy groups -OCH3 is 2. The molecule has 0 saturated carbocycles. The zero-order chi connectivity index (χ0) is 29.4. The lowest BCUT2D eigenvalue weighted by molar-refractivity contribution is -0.140. The molecule has 0 radical (unpaired) electrons. The van der Waals surface area contributed by atoms with Crippen molar-refractivity contribution in [1.82, 2.24) is 10.2 Å². The van der Waals surface area contributed by atoms with Gasteiger partial charge < -0.3 is 19.7 Å². The van der Waals surface area contributed by atoms with Crippen LogP contribution in [0.15, 0.2) is 71.6 Å². The Hall–Kier alpha value is -4.05. The maximum Gasteiger partial charge on any atom is 0.264 e. The number of carbonyl (C=O) groups is 2. The van der Waals surface area contributed by atoms with Crippen LogP contribution in [0.25, 0.3) is 0 Å². The average Bonchev–Trinajstić information content (AvgIpc) is 2.95. The molecule has 2 amide bonds. The fourth-order valence-corrected chi connectivity index (χ4v) is 5.78. The van der Waals surface area contributed by atoms with Crippen molar-refractivity contribution in [2.24, 2.45) is 0 Å². The van der Waals surface area contributed by atoms with Gasteiger partial charge in [-0.1, -0.05) is 42.8 Å². The van der Waals surface area contributed by atoms with Gasteiger partial charge >= 0.3 is 0 Å². The molecule has 40 heavy (non-hydrogen) atoms. The predicted molar refractivity (Wildman–Crippen MR) is 155 cm³/mol. The number of likely N-dealkylation sites (N-methyl/N-ethyl adjacent to an activating group) is 1. The summed E-state index contributed by atoms with van der Waals surface area (Å²) in [5.74, 6) is 0.0759. The van der Waals surface area contributed by atoms with Crippen molar-refractivity contribution in [2.75, 3.05) is 32.1 Å². The van der Waals surface area contributed by atoms with E-state index in [0.29, 0.717) is 17.9 Å². The minimum atomic E-state index is -4.20. The maximum absolute atomic E-state index is 14.1. The number of ether oxygens (including phenoxy) is 2. The number of nitrogens with one attached hydrogen (secondary N) is 1.